The molecular formula is C13H19O2. The lowest BCUT2D eigenvalue weighted by molar-refractivity contribution is 0.282. The van der Waals surface area contributed by atoms with Gasteiger partial charge in [0.1, 0.15) is 5.75 Å². The van der Waals surface area contributed by atoms with Crippen molar-refractivity contribution in [2.75, 3.05) is 13.2 Å². The van der Waals surface area contributed by atoms with Crippen LogP contribution in [0.1, 0.15) is 30.9 Å². The van der Waals surface area contributed by atoms with Crippen molar-refractivity contribution in [2.45, 2.75) is 26.2 Å². The second-order valence-corrected chi connectivity index (χ2v) is 3.53. The molecule has 0 spiro atoms. The van der Waals surface area contributed by atoms with Gasteiger partial charge in [-0.15, -0.1) is 0 Å². The summed E-state index contributed by atoms with van der Waals surface area (Å²) in [6.45, 7) is 8.68. The second-order valence-electron chi connectivity index (χ2n) is 3.53. The molecule has 15 heavy (non-hydrogen) atoms. The molecule has 83 valence electrons. The summed E-state index contributed by atoms with van der Waals surface area (Å²) in [5.41, 5.74) is 2.23. The largest absolute Gasteiger partial charge is 0.494 e. The number of hydrogen-bond acceptors (Lipinski definition) is 2. The molecule has 1 aromatic carbocycles. The van der Waals surface area contributed by atoms with E-state index in [1.54, 1.807) is 0 Å². The third-order valence-electron chi connectivity index (χ3n) is 2.46. The maximum atomic E-state index is 9.03. The molecular weight excluding hydrogens is 188 g/mol. The second kappa shape index (κ2) is 5.76. The molecule has 2 heteroatoms. The van der Waals surface area contributed by atoms with Gasteiger partial charge < -0.3 is 9.84 Å². The SMILES string of the molecule is [CH2]C(CO)c1ccc(CC)c(OCC)c1. The van der Waals surface area contributed by atoms with Crippen LogP contribution in [0.5, 0.6) is 5.75 Å². The quantitative estimate of drug-likeness (QED) is 0.804. The van der Waals surface area contributed by atoms with Crippen LogP contribution in [-0.4, -0.2) is 18.3 Å². The van der Waals surface area contributed by atoms with Crippen molar-refractivity contribution < 1.29 is 9.84 Å². The van der Waals surface area contributed by atoms with Crippen LogP contribution < -0.4 is 4.74 Å². The number of aliphatic hydroxyl groups excluding tert-OH is 1. The third-order valence-corrected chi connectivity index (χ3v) is 2.46. The van der Waals surface area contributed by atoms with Crippen LogP contribution in [0.25, 0.3) is 0 Å². The Hall–Kier alpha value is -1.02. The first-order chi connectivity index (χ1) is 7.22. The molecule has 2 nitrogen and oxygen atoms in total. The molecule has 0 fully saturated rings. The first-order valence-electron chi connectivity index (χ1n) is 5.42. The van der Waals surface area contributed by atoms with Crippen molar-refractivity contribution >= 4 is 0 Å². The lowest BCUT2D eigenvalue weighted by Gasteiger charge is -2.13. The monoisotopic (exact) mass is 207 g/mol. The van der Waals surface area contributed by atoms with Crippen LogP contribution in [0.4, 0.5) is 0 Å². The summed E-state index contributed by atoms with van der Waals surface area (Å²) in [4.78, 5) is 0. The molecule has 0 aliphatic rings. The summed E-state index contributed by atoms with van der Waals surface area (Å²) in [6, 6.07) is 6.04. The molecule has 0 saturated carbocycles. The third kappa shape index (κ3) is 2.96. The Morgan fingerprint density at radius 3 is 2.67 bits per heavy atom. The summed E-state index contributed by atoms with van der Waals surface area (Å²) in [6.07, 6.45) is 0.955. The maximum Gasteiger partial charge on any atom is 0.122 e. The van der Waals surface area contributed by atoms with E-state index in [9.17, 15) is 0 Å². The number of rotatable bonds is 5. The normalized spacial score (nSPS) is 12.5. The van der Waals surface area contributed by atoms with Gasteiger partial charge in [0, 0.05) is 12.5 Å². The molecule has 0 saturated heterocycles. The van der Waals surface area contributed by atoms with Gasteiger partial charge in [-0.05, 0) is 37.5 Å². The van der Waals surface area contributed by atoms with Crippen molar-refractivity contribution in [2.24, 2.45) is 0 Å². The van der Waals surface area contributed by atoms with Crippen molar-refractivity contribution in [3.8, 4) is 5.75 Å². The molecule has 1 unspecified atom stereocenters. The molecule has 0 aliphatic carbocycles. The first-order valence-corrected chi connectivity index (χ1v) is 5.42. The highest BCUT2D eigenvalue weighted by atomic mass is 16.5. The Labute approximate surface area is 91.9 Å². The molecule has 1 radical (unpaired) electrons. The van der Waals surface area contributed by atoms with Crippen molar-refractivity contribution in [1.82, 2.24) is 0 Å². The average Bonchev–Trinajstić information content (AvgIpc) is 2.28. The van der Waals surface area contributed by atoms with E-state index in [-0.39, 0.29) is 12.5 Å². The van der Waals surface area contributed by atoms with Gasteiger partial charge in [-0.25, -0.2) is 0 Å². The Bertz CT molecular complexity index is 307. The Balaban J connectivity index is 2.98. The molecule has 0 aliphatic heterocycles. The minimum Gasteiger partial charge on any atom is -0.494 e. The molecule has 1 aromatic rings. The Morgan fingerprint density at radius 1 is 1.40 bits per heavy atom. The van der Waals surface area contributed by atoms with Crippen LogP contribution in [0, 0.1) is 6.92 Å². The van der Waals surface area contributed by atoms with E-state index in [1.165, 1.54) is 5.56 Å². The van der Waals surface area contributed by atoms with Crippen LogP contribution in [0.2, 0.25) is 0 Å². The van der Waals surface area contributed by atoms with Gasteiger partial charge >= 0.3 is 0 Å². The molecule has 1 N–H and O–H groups in total. The van der Waals surface area contributed by atoms with Crippen LogP contribution in [0.3, 0.4) is 0 Å². The zero-order chi connectivity index (χ0) is 11.3. The van der Waals surface area contributed by atoms with E-state index in [4.69, 9.17) is 9.84 Å². The highest BCUT2D eigenvalue weighted by molar-refractivity contribution is 5.39. The minimum atomic E-state index is -0.0740. The Morgan fingerprint density at radius 2 is 2.13 bits per heavy atom. The van der Waals surface area contributed by atoms with Gasteiger partial charge in [0.15, 0.2) is 0 Å². The fraction of sp³-hybridized carbons (Fsp3) is 0.462. The van der Waals surface area contributed by atoms with Gasteiger partial charge in [0.25, 0.3) is 0 Å². The molecule has 1 rings (SSSR count). The molecule has 1 atom stereocenters. The molecule has 0 heterocycles. The summed E-state index contributed by atoms with van der Waals surface area (Å²) in [5, 5.41) is 9.03. The predicted molar refractivity (Wildman–Crippen MR) is 62.2 cm³/mol. The zero-order valence-corrected chi connectivity index (χ0v) is 9.49. The fourth-order valence-electron chi connectivity index (χ4n) is 1.51. The van der Waals surface area contributed by atoms with Crippen LogP contribution >= 0.6 is 0 Å². The lowest BCUT2D eigenvalue weighted by atomic mass is 9.99. The highest BCUT2D eigenvalue weighted by Gasteiger charge is 2.08. The average molecular weight is 207 g/mol. The van der Waals surface area contributed by atoms with Crippen molar-refractivity contribution in [1.29, 1.82) is 0 Å². The summed E-state index contributed by atoms with van der Waals surface area (Å²) >= 11 is 0. The summed E-state index contributed by atoms with van der Waals surface area (Å²) in [5.74, 6) is 0.842. The summed E-state index contributed by atoms with van der Waals surface area (Å²) < 4.78 is 5.55. The molecule has 0 amide bonds. The van der Waals surface area contributed by atoms with E-state index in [2.05, 4.69) is 13.8 Å². The fourth-order valence-corrected chi connectivity index (χ4v) is 1.51. The smallest absolute Gasteiger partial charge is 0.122 e. The van der Waals surface area contributed by atoms with E-state index in [0.717, 1.165) is 17.7 Å². The lowest BCUT2D eigenvalue weighted by Crippen LogP contribution is -2.02. The zero-order valence-electron chi connectivity index (χ0n) is 9.49. The standard InChI is InChI=1S/C13H19O2/c1-4-11-6-7-12(10(3)9-14)8-13(11)15-5-2/h6-8,10,14H,3-5,9H2,1-2H3. The Kier molecular flexibility index (Phi) is 4.63. The minimum absolute atomic E-state index is 0.0665. The predicted octanol–water partition coefficient (Wildman–Crippen LogP) is 2.56. The van der Waals surface area contributed by atoms with E-state index in [1.807, 2.05) is 25.1 Å². The van der Waals surface area contributed by atoms with Crippen molar-refractivity contribution in [3.05, 3.63) is 36.2 Å². The number of benzene rings is 1. The van der Waals surface area contributed by atoms with E-state index < -0.39 is 0 Å². The maximum absolute atomic E-state index is 9.03. The highest BCUT2D eigenvalue weighted by Crippen LogP contribution is 2.25. The van der Waals surface area contributed by atoms with Gasteiger partial charge in [-0.1, -0.05) is 19.1 Å². The first kappa shape index (κ1) is 12.1. The van der Waals surface area contributed by atoms with Crippen LogP contribution in [-0.2, 0) is 6.42 Å². The van der Waals surface area contributed by atoms with E-state index in [0.29, 0.717) is 6.61 Å². The van der Waals surface area contributed by atoms with E-state index >= 15 is 0 Å². The van der Waals surface area contributed by atoms with Gasteiger partial charge in [-0.2, -0.15) is 0 Å². The van der Waals surface area contributed by atoms with Gasteiger partial charge in [0.2, 0.25) is 0 Å². The number of aryl methyl sites for hydroxylation is 1. The molecule has 0 bridgehead atoms. The summed E-state index contributed by atoms with van der Waals surface area (Å²) in [7, 11) is 0. The van der Waals surface area contributed by atoms with Gasteiger partial charge in [-0.3, -0.25) is 0 Å². The number of aliphatic hydroxyl groups is 1. The topological polar surface area (TPSA) is 29.5 Å². The van der Waals surface area contributed by atoms with Gasteiger partial charge in [0.05, 0.1) is 6.61 Å². The van der Waals surface area contributed by atoms with Crippen LogP contribution in [0.15, 0.2) is 18.2 Å². The van der Waals surface area contributed by atoms with Crippen molar-refractivity contribution in [3.63, 3.8) is 0 Å². The number of hydrogen-bond donors (Lipinski definition) is 1. The number of ether oxygens (including phenoxy) is 1. The molecule has 0 aromatic heterocycles.